The van der Waals surface area contributed by atoms with Crippen LogP contribution in [0.5, 0.6) is 5.75 Å². The molecule has 0 unspecified atom stereocenters. The van der Waals surface area contributed by atoms with Crippen LogP contribution in [0.1, 0.15) is 15.9 Å². The Kier molecular flexibility index (Phi) is 4.75. The lowest BCUT2D eigenvalue weighted by atomic mass is 10.1. The van der Waals surface area contributed by atoms with Gasteiger partial charge < -0.3 is 20.9 Å². The lowest BCUT2D eigenvalue weighted by Gasteiger charge is -2.10. The molecule has 0 saturated heterocycles. The highest BCUT2D eigenvalue weighted by molar-refractivity contribution is 5.93. The van der Waals surface area contributed by atoms with Crippen molar-refractivity contribution in [2.24, 2.45) is 11.5 Å². The van der Waals surface area contributed by atoms with Gasteiger partial charge in [0.05, 0.1) is 6.61 Å². The third-order valence-electron chi connectivity index (χ3n) is 2.11. The number of nitrogens with two attached hydrogens (primary N) is 2. The molecule has 5 heteroatoms. The van der Waals surface area contributed by atoms with Gasteiger partial charge in [-0.05, 0) is 18.2 Å². The molecule has 0 heterocycles. The Morgan fingerprint density at radius 1 is 1.38 bits per heavy atom. The molecule has 1 rings (SSSR count). The van der Waals surface area contributed by atoms with Gasteiger partial charge in [-0.1, -0.05) is 0 Å². The van der Waals surface area contributed by atoms with Crippen LogP contribution in [-0.4, -0.2) is 26.2 Å². The minimum Gasteiger partial charge on any atom is -0.491 e. The van der Waals surface area contributed by atoms with Crippen LogP contribution in [0.3, 0.4) is 0 Å². The third-order valence-corrected chi connectivity index (χ3v) is 2.11. The van der Waals surface area contributed by atoms with Crippen LogP contribution in [0.25, 0.3) is 0 Å². The molecule has 16 heavy (non-hydrogen) atoms. The molecular formula is C11H16N2O3. The number of rotatable bonds is 6. The van der Waals surface area contributed by atoms with Crippen LogP contribution >= 0.6 is 0 Å². The number of hydrogen-bond donors (Lipinski definition) is 2. The second-order valence-electron chi connectivity index (χ2n) is 3.23. The number of carbonyl (C=O) groups excluding carboxylic acids is 1. The predicted octanol–water partition coefficient (Wildman–Crippen LogP) is 0.269. The topological polar surface area (TPSA) is 87.6 Å². The summed E-state index contributed by atoms with van der Waals surface area (Å²) in [6, 6.07) is 4.95. The van der Waals surface area contributed by atoms with Crippen molar-refractivity contribution in [3.05, 3.63) is 29.3 Å². The zero-order chi connectivity index (χ0) is 12.0. The summed E-state index contributed by atoms with van der Waals surface area (Å²) >= 11 is 0. The summed E-state index contributed by atoms with van der Waals surface area (Å²) in [7, 11) is 1.60. The van der Waals surface area contributed by atoms with E-state index in [1.54, 1.807) is 25.3 Å². The fraction of sp³-hybridized carbons (Fsp3) is 0.364. The minimum absolute atomic E-state index is 0.295. The predicted molar refractivity (Wildman–Crippen MR) is 60.2 cm³/mol. The second-order valence-corrected chi connectivity index (χ2v) is 3.23. The van der Waals surface area contributed by atoms with Gasteiger partial charge in [0.1, 0.15) is 12.4 Å². The number of carbonyl (C=O) groups is 1. The maximum atomic E-state index is 11.0. The first-order valence-corrected chi connectivity index (χ1v) is 4.93. The summed E-state index contributed by atoms with van der Waals surface area (Å²) in [6.07, 6.45) is 0. The van der Waals surface area contributed by atoms with Gasteiger partial charge in [-0.2, -0.15) is 0 Å². The smallest absolute Gasteiger partial charge is 0.248 e. The average molecular weight is 224 g/mol. The zero-order valence-electron chi connectivity index (χ0n) is 9.23. The van der Waals surface area contributed by atoms with E-state index < -0.39 is 5.91 Å². The van der Waals surface area contributed by atoms with Crippen molar-refractivity contribution in [3.8, 4) is 5.75 Å². The first-order chi connectivity index (χ1) is 7.69. The van der Waals surface area contributed by atoms with Crippen LogP contribution in [0.4, 0.5) is 0 Å². The molecule has 0 spiro atoms. The van der Waals surface area contributed by atoms with Gasteiger partial charge >= 0.3 is 0 Å². The quantitative estimate of drug-likeness (QED) is 0.679. The second kappa shape index (κ2) is 6.09. The Hall–Kier alpha value is -1.59. The lowest BCUT2D eigenvalue weighted by Crippen LogP contribution is -2.13. The molecule has 0 aromatic heterocycles. The van der Waals surface area contributed by atoms with E-state index in [1.165, 1.54) is 0 Å². The molecular weight excluding hydrogens is 208 g/mol. The van der Waals surface area contributed by atoms with Crippen molar-refractivity contribution in [1.82, 2.24) is 0 Å². The molecule has 4 N–H and O–H groups in total. The zero-order valence-corrected chi connectivity index (χ0v) is 9.23. The monoisotopic (exact) mass is 224 g/mol. The van der Waals surface area contributed by atoms with Crippen LogP contribution in [0.2, 0.25) is 0 Å². The standard InChI is InChI=1S/C11H16N2O3/c1-15-4-5-16-10-3-2-8(11(13)14)6-9(10)7-12/h2-3,6H,4-5,7,12H2,1H3,(H2,13,14). The molecule has 0 saturated carbocycles. The molecule has 0 fully saturated rings. The highest BCUT2D eigenvalue weighted by Crippen LogP contribution is 2.19. The maximum Gasteiger partial charge on any atom is 0.248 e. The number of ether oxygens (including phenoxy) is 2. The van der Waals surface area contributed by atoms with E-state index in [9.17, 15) is 4.79 Å². The van der Waals surface area contributed by atoms with Gasteiger partial charge in [0.15, 0.2) is 0 Å². The fourth-order valence-electron chi connectivity index (χ4n) is 1.27. The Morgan fingerprint density at radius 3 is 2.69 bits per heavy atom. The van der Waals surface area contributed by atoms with Crippen molar-refractivity contribution in [1.29, 1.82) is 0 Å². The van der Waals surface area contributed by atoms with Gasteiger partial charge in [-0.3, -0.25) is 4.79 Å². The summed E-state index contributed by atoms with van der Waals surface area (Å²) in [4.78, 5) is 11.0. The number of hydrogen-bond acceptors (Lipinski definition) is 4. The highest BCUT2D eigenvalue weighted by Gasteiger charge is 2.06. The van der Waals surface area contributed by atoms with Crippen LogP contribution < -0.4 is 16.2 Å². The summed E-state index contributed by atoms with van der Waals surface area (Å²) in [5, 5.41) is 0. The number of benzene rings is 1. The van der Waals surface area contributed by atoms with Crippen molar-refractivity contribution >= 4 is 5.91 Å². The number of primary amides is 1. The van der Waals surface area contributed by atoms with Crippen molar-refractivity contribution in [2.45, 2.75) is 6.54 Å². The van der Waals surface area contributed by atoms with Gasteiger partial charge in [0, 0.05) is 24.8 Å². The maximum absolute atomic E-state index is 11.0. The molecule has 0 aliphatic carbocycles. The van der Waals surface area contributed by atoms with E-state index in [0.717, 1.165) is 5.56 Å². The molecule has 5 nitrogen and oxygen atoms in total. The summed E-state index contributed by atoms with van der Waals surface area (Å²) in [6.45, 7) is 1.24. The Morgan fingerprint density at radius 2 is 2.12 bits per heavy atom. The van der Waals surface area contributed by atoms with Crippen molar-refractivity contribution in [2.75, 3.05) is 20.3 Å². The van der Waals surface area contributed by atoms with E-state index in [2.05, 4.69) is 0 Å². The van der Waals surface area contributed by atoms with Crippen LogP contribution in [0, 0.1) is 0 Å². The molecule has 1 aromatic carbocycles. The Labute approximate surface area is 94.3 Å². The largest absolute Gasteiger partial charge is 0.491 e. The number of amides is 1. The van der Waals surface area contributed by atoms with E-state index >= 15 is 0 Å². The first kappa shape index (κ1) is 12.5. The molecule has 0 atom stereocenters. The molecule has 0 aliphatic rings. The lowest BCUT2D eigenvalue weighted by molar-refractivity contribution is 0.1000. The SMILES string of the molecule is COCCOc1ccc(C(N)=O)cc1CN. The van der Waals surface area contributed by atoms with E-state index in [-0.39, 0.29) is 0 Å². The highest BCUT2D eigenvalue weighted by atomic mass is 16.5. The van der Waals surface area contributed by atoms with Crippen molar-refractivity contribution in [3.63, 3.8) is 0 Å². The molecule has 88 valence electrons. The Bertz CT molecular complexity index is 366. The van der Waals surface area contributed by atoms with Crippen LogP contribution in [-0.2, 0) is 11.3 Å². The Balaban J connectivity index is 2.80. The minimum atomic E-state index is -0.474. The molecule has 0 radical (unpaired) electrons. The molecule has 0 aliphatic heterocycles. The van der Waals surface area contributed by atoms with Crippen LogP contribution in [0.15, 0.2) is 18.2 Å². The van der Waals surface area contributed by atoms with E-state index in [0.29, 0.717) is 31.1 Å². The molecule has 0 bridgehead atoms. The average Bonchev–Trinajstić information content (AvgIpc) is 2.29. The first-order valence-electron chi connectivity index (χ1n) is 4.93. The number of methoxy groups -OCH3 is 1. The molecule has 1 amide bonds. The van der Waals surface area contributed by atoms with E-state index in [1.807, 2.05) is 0 Å². The normalized spacial score (nSPS) is 10.1. The third kappa shape index (κ3) is 3.22. The summed E-state index contributed by atoms with van der Waals surface area (Å²) in [5.74, 6) is 0.183. The summed E-state index contributed by atoms with van der Waals surface area (Å²) < 4.78 is 10.3. The van der Waals surface area contributed by atoms with Gasteiger partial charge in [0.25, 0.3) is 0 Å². The van der Waals surface area contributed by atoms with Gasteiger partial charge in [-0.25, -0.2) is 0 Å². The fourth-order valence-corrected chi connectivity index (χ4v) is 1.27. The molecule has 1 aromatic rings. The van der Waals surface area contributed by atoms with Crippen molar-refractivity contribution < 1.29 is 14.3 Å². The summed E-state index contributed by atoms with van der Waals surface area (Å²) in [5.41, 5.74) is 11.9. The van der Waals surface area contributed by atoms with E-state index in [4.69, 9.17) is 20.9 Å². The van der Waals surface area contributed by atoms with Gasteiger partial charge in [0.2, 0.25) is 5.91 Å². The van der Waals surface area contributed by atoms with Gasteiger partial charge in [-0.15, -0.1) is 0 Å².